The van der Waals surface area contributed by atoms with E-state index in [9.17, 15) is 4.79 Å². The van der Waals surface area contributed by atoms with Gasteiger partial charge in [-0.2, -0.15) is 0 Å². The maximum atomic E-state index is 11.3. The van der Waals surface area contributed by atoms with Crippen molar-refractivity contribution in [2.75, 3.05) is 13.2 Å². The number of hydrogen-bond donors (Lipinski definition) is 2. The first-order valence-corrected chi connectivity index (χ1v) is 4.12. The van der Waals surface area contributed by atoms with Gasteiger partial charge in [0.15, 0.2) is 0 Å². The number of pyridine rings is 1. The van der Waals surface area contributed by atoms with Crippen LogP contribution in [0.15, 0.2) is 18.5 Å². The van der Waals surface area contributed by atoms with E-state index in [2.05, 4.69) is 10.3 Å². The number of rotatable bonds is 3. The smallest absolute Gasteiger partial charge is 0.252 e. The van der Waals surface area contributed by atoms with Crippen LogP contribution >= 0.6 is 11.6 Å². The monoisotopic (exact) mass is 200 g/mol. The van der Waals surface area contributed by atoms with Crippen molar-refractivity contribution in [2.45, 2.75) is 0 Å². The van der Waals surface area contributed by atoms with Gasteiger partial charge in [-0.15, -0.1) is 0 Å². The molecule has 0 aliphatic carbocycles. The minimum atomic E-state index is -0.304. The Balaban J connectivity index is 2.71. The van der Waals surface area contributed by atoms with Crippen molar-refractivity contribution in [1.29, 1.82) is 0 Å². The predicted octanol–water partition coefficient (Wildman–Crippen LogP) is 0.457. The fourth-order valence-corrected chi connectivity index (χ4v) is 1.03. The summed E-state index contributed by atoms with van der Waals surface area (Å²) in [5, 5.41) is 11.3. The van der Waals surface area contributed by atoms with Crippen molar-refractivity contribution >= 4 is 17.5 Å². The van der Waals surface area contributed by atoms with Gasteiger partial charge in [0.25, 0.3) is 5.91 Å². The van der Waals surface area contributed by atoms with Crippen molar-refractivity contribution in [2.24, 2.45) is 0 Å². The van der Waals surface area contributed by atoms with E-state index in [0.29, 0.717) is 10.6 Å². The minimum absolute atomic E-state index is 0.0888. The zero-order valence-corrected chi connectivity index (χ0v) is 7.58. The summed E-state index contributed by atoms with van der Waals surface area (Å²) in [6.07, 6.45) is 2.88. The number of aliphatic hydroxyl groups is 1. The first-order valence-electron chi connectivity index (χ1n) is 3.74. The lowest BCUT2D eigenvalue weighted by atomic mass is 10.2. The second-order valence-electron chi connectivity index (χ2n) is 2.34. The van der Waals surface area contributed by atoms with Gasteiger partial charge in [-0.3, -0.25) is 9.78 Å². The zero-order chi connectivity index (χ0) is 9.68. The number of carbonyl (C=O) groups excluding carboxylic acids is 1. The van der Waals surface area contributed by atoms with E-state index in [0.717, 1.165) is 0 Å². The number of nitrogens with one attached hydrogen (secondary N) is 1. The van der Waals surface area contributed by atoms with E-state index in [1.165, 1.54) is 18.5 Å². The molecule has 5 heteroatoms. The van der Waals surface area contributed by atoms with Crippen LogP contribution in [0.25, 0.3) is 0 Å². The molecule has 0 spiro atoms. The standard InChI is InChI=1S/C8H9ClN2O2/c9-7-5-10-2-1-6(7)8(13)11-3-4-12/h1-2,5,12H,3-4H2,(H,11,13). The number of aliphatic hydroxyl groups excluding tert-OH is 1. The van der Waals surface area contributed by atoms with Crippen LogP contribution in [-0.4, -0.2) is 29.1 Å². The highest BCUT2D eigenvalue weighted by Gasteiger charge is 2.08. The van der Waals surface area contributed by atoms with E-state index >= 15 is 0 Å². The Morgan fingerprint density at radius 1 is 1.69 bits per heavy atom. The molecule has 1 rings (SSSR count). The van der Waals surface area contributed by atoms with Crippen LogP contribution < -0.4 is 5.32 Å². The minimum Gasteiger partial charge on any atom is -0.395 e. The highest BCUT2D eigenvalue weighted by Crippen LogP contribution is 2.12. The average molecular weight is 201 g/mol. The third kappa shape index (κ3) is 2.68. The highest BCUT2D eigenvalue weighted by atomic mass is 35.5. The van der Waals surface area contributed by atoms with Crippen molar-refractivity contribution in [3.8, 4) is 0 Å². The normalized spacial score (nSPS) is 9.69. The first kappa shape index (κ1) is 9.95. The third-order valence-electron chi connectivity index (χ3n) is 1.41. The molecule has 0 atom stereocenters. The number of hydrogen-bond acceptors (Lipinski definition) is 3. The Kier molecular flexibility index (Phi) is 3.67. The van der Waals surface area contributed by atoms with Crippen molar-refractivity contribution in [1.82, 2.24) is 10.3 Å². The lowest BCUT2D eigenvalue weighted by Gasteiger charge is -2.03. The second-order valence-corrected chi connectivity index (χ2v) is 2.74. The molecule has 2 N–H and O–H groups in total. The number of amides is 1. The molecule has 0 aromatic carbocycles. The lowest BCUT2D eigenvalue weighted by molar-refractivity contribution is 0.0945. The quantitative estimate of drug-likeness (QED) is 0.745. The van der Waals surface area contributed by atoms with Crippen LogP contribution in [-0.2, 0) is 0 Å². The molecule has 0 fully saturated rings. The molecule has 0 radical (unpaired) electrons. The molecule has 0 bridgehead atoms. The molecular formula is C8H9ClN2O2. The van der Waals surface area contributed by atoms with Crippen LogP contribution in [0.3, 0.4) is 0 Å². The topological polar surface area (TPSA) is 62.2 Å². The summed E-state index contributed by atoms with van der Waals surface area (Å²) in [5.41, 5.74) is 0.366. The molecule has 4 nitrogen and oxygen atoms in total. The molecule has 0 saturated carbocycles. The summed E-state index contributed by atoms with van der Waals surface area (Å²) in [5.74, 6) is -0.304. The van der Waals surface area contributed by atoms with Crippen LogP contribution in [0.4, 0.5) is 0 Å². The Bertz CT molecular complexity index is 304. The van der Waals surface area contributed by atoms with E-state index in [1.807, 2.05) is 0 Å². The third-order valence-corrected chi connectivity index (χ3v) is 1.72. The first-order chi connectivity index (χ1) is 6.25. The predicted molar refractivity (Wildman–Crippen MR) is 48.7 cm³/mol. The highest BCUT2D eigenvalue weighted by molar-refractivity contribution is 6.33. The molecule has 13 heavy (non-hydrogen) atoms. The SMILES string of the molecule is O=C(NCCO)c1ccncc1Cl. The van der Waals surface area contributed by atoms with E-state index in [-0.39, 0.29) is 19.1 Å². The van der Waals surface area contributed by atoms with Gasteiger partial charge in [0.2, 0.25) is 0 Å². The Morgan fingerprint density at radius 3 is 3.08 bits per heavy atom. The van der Waals surface area contributed by atoms with Crippen LogP contribution in [0, 0.1) is 0 Å². The summed E-state index contributed by atoms with van der Waals surface area (Å²) >= 11 is 5.71. The number of halogens is 1. The summed E-state index contributed by atoms with van der Waals surface area (Å²) in [7, 11) is 0. The van der Waals surface area contributed by atoms with Gasteiger partial charge in [-0.1, -0.05) is 11.6 Å². The van der Waals surface area contributed by atoms with Gasteiger partial charge in [-0.05, 0) is 6.07 Å². The largest absolute Gasteiger partial charge is 0.395 e. The van der Waals surface area contributed by atoms with Crippen molar-refractivity contribution in [3.63, 3.8) is 0 Å². The summed E-state index contributed by atoms with van der Waals surface area (Å²) in [6.45, 7) is 0.131. The summed E-state index contributed by atoms with van der Waals surface area (Å²) < 4.78 is 0. The van der Waals surface area contributed by atoms with Gasteiger partial charge in [-0.25, -0.2) is 0 Å². The molecular weight excluding hydrogens is 192 g/mol. The maximum absolute atomic E-state index is 11.3. The van der Waals surface area contributed by atoms with Crippen molar-refractivity contribution in [3.05, 3.63) is 29.0 Å². The molecule has 0 unspecified atom stereocenters. The second kappa shape index (κ2) is 4.79. The maximum Gasteiger partial charge on any atom is 0.252 e. The van der Waals surface area contributed by atoms with Crippen LogP contribution in [0.5, 0.6) is 0 Å². The molecule has 0 aliphatic rings. The van der Waals surface area contributed by atoms with E-state index in [4.69, 9.17) is 16.7 Å². The van der Waals surface area contributed by atoms with Crippen LogP contribution in [0.1, 0.15) is 10.4 Å². The molecule has 1 aromatic heterocycles. The lowest BCUT2D eigenvalue weighted by Crippen LogP contribution is -2.26. The molecule has 0 saturated heterocycles. The van der Waals surface area contributed by atoms with E-state index < -0.39 is 0 Å². The van der Waals surface area contributed by atoms with Crippen LogP contribution in [0.2, 0.25) is 5.02 Å². The number of carbonyl (C=O) groups is 1. The van der Waals surface area contributed by atoms with Crippen molar-refractivity contribution < 1.29 is 9.90 Å². The van der Waals surface area contributed by atoms with Gasteiger partial charge < -0.3 is 10.4 Å². The molecule has 70 valence electrons. The average Bonchev–Trinajstić information content (AvgIpc) is 2.15. The Labute approximate surface area is 80.6 Å². The fraction of sp³-hybridized carbons (Fsp3) is 0.250. The molecule has 0 aliphatic heterocycles. The summed E-state index contributed by atoms with van der Waals surface area (Å²) in [4.78, 5) is 15.0. The van der Waals surface area contributed by atoms with Gasteiger partial charge in [0.05, 0.1) is 17.2 Å². The Hall–Kier alpha value is -1.13. The molecule has 1 heterocycles. The van der Waals surface area contributed by atoms with Gasteiger partial charge >= 0.3 is 0 Å². The molecule has 1 amide bonds. The Morgan fingerprint density at radius 2 is 2.46 bits per heavy atom. The van der Waals surface area contributed by atoms with Gasteiger partial charge in [0, 0.05) is 18.9 Å². The number of nitrogens with zero attached hydrogens (tertiary/aromatic N) is 1. The zero-order valence-electron chi connectivity index (χ0n) is 6.83. The van der Waals surface area contributed by atoms with E-state index in [1.54, 1.807) is 0 Å². The number of aromatic nitrogens is 1. The van der Waals surface area contributed by atoms with Gasteiger partial charge in [0.1, 0.15) is 0 Å². The fourth-order valence-electron chi connectivity index (χ4n) is 0.824. The summed E-state index contributed by atoms with van der Waals surface area (Å²) in [6, 6.07) is 1.52. The molecule has 1 aromatic rings.